The summed E-state index contributed by atoms with van der Waals surface area (Å²) in [5, 5.41) is 2.68. The summed E-state index contributed by atoms with van der Waals surface area (Å²) in [6.07, 6.45) is 5.94. The highest BCUT2D eigenvalue weighted by atomic mass is 79.9. The van der Waals surface area contributed by atoms with Crippen LogP contribution in [0.15, 0.2) is 39.5 Å². The smallest absolute Gasteiger partial charge is 0.233 e. The van der Waals surface area contributed by atoms with E-state index >= 15 is 0 Å². The Kier molecular flexibility index (Phi) is 6.65. The van der Waals surface area contributed by atoms with Crippen molar-refractivity contribution >= 4 is 43.6 Å². The number of carbonyl (C=O) groups is 1. The molecule has 1 atom stereocenters. The molecule has 23 heavy (non-hydrogen) atoms. The zero-order chi connectivity index (χ0) is 16.8. The van der Waals surface area contributed by atoms with Crippen molar-refractivity contribution in [1.29, 1.82) is 0 Å². The van der Waals surface area contributed by atoms with Crippen molar-refractivity contribution in [3.8, 4) is 0 Å². The van der Waals surface area contributed by atoms with Gasteiger partial charge in [0.25, 0.3) is 0 Å². The zero-order valence-electron chi connectivity index (χ0n) is 12.5. The van der Waals surface area contributed by atoms with Crippen LogP contribution >= 0.6 is 31.9 Å². The van der Waals surface area contributed by atoms with E-state index in [9.17, 15) is 9.18 Å². The first kappa shape index (κ1) is 18.0. The first-order valence-electron chi connectivity index (χ1n) is 7.24. The Bertz CT molecular complexity index is 697. The van der Waals surface area contributed by atoms with E-state index < -0.39 is 5.95 Å². The first-order valence-corrected chi connectivity index (χ1v) is 8.83. The number of pyridine rings is 2. The molecule has 0 bridgehead atoms. The van der Waals surface area contributed by atoms with Gasteiger partial charge in [0.2, 0.25) is 11.9 Å². The molecule has 0 saturated carbocycles. The lowest BCUT2D eigenvalue weighted by Crippen LogP contribution is -2.22. The Hall–Kier alpha value is -1.34. The van der Waals surface area contributed by atoms with Crippen LogP contribution < -0.4 is 5.32 Å². The van der Waals surface area contributed by atoms with Crippen molar-refractivity contribution in [1.82, 2.24) is 9.97 Å². The number of hydrogen-bond donors (Lipinski definition) is 1. The highest BCUT2D eigenvalue weighted by Gasteiger charge is 2.21. The third-order valence-corrected chi connectivity index (χ3v) is 4.37. The molecular formula is C16H16Br2FN3O. The van der Waals surface area contributed by atoms with Crippen molar-refractivity contribution in [2.75, 3.05) is 5.32 Å². The van der Waals surface area contributed by atoms with Gasteiger partial charge < -0.3 is 5.32 Å². The van der Waals surface area contributed by atoms with Gasteiger partial charge in [0.15, 0.2) is 0 Å². The Morgan fingerprint density at radius 1 is 1.35 bits per heavy atom. The van der Waals surface area contributed by atoms with Gasteiger partial charge >= 0.3 is 0 Å². The van der Waals surface area contributed by atoms with E-state index in [0.29, 0.717) is 6.42 Å². The van der Waals surface area contributed by atoms with Crippen molar-refractivity contribution in [3.63, 3.8) is 0 Å². The summed E-state index contributed by atoms with van der Waals surface area (Å²) in [7, 11) is 0. The summed E-state index contributed by atoms with van der Waals surface area (Å²) in [5.74, 6) is -1.03. The molecule has 1 amide bonds. The molecule has 2 heterocycles. The molecule has 4 nitrogen and oxygen atoms in total. The number of nitrogens with zero attached hydrogens (tertiary/aromatic N) is 2. The highest BCUT2D eigenvalue weighted by Crippen LogP contribution is 2.26. The molecule has 2 aromatic heterocycles. The lowest BCUT2D eigenvalue weighted by molar-refractivity contribution is -0.117. The molecule has 0 radical (unpaired) electrons. The van der Waals surface area contributed by atoms with Crippen molar-refractivity contribution in [2.24, 2.45) is 0 Å². The van der Waals surface area contributed by atoms with Crippen LogP contribution in [-0.4, -0.2) is 15.9 Å². The number of carbonyl (C=O) groups excluding carboxylic acids is 1. The minimum atomic E-state index is -0.656. The monoisotopic (exact) mass is 443 g/mol. The lowest BCUT2D eigenvalue weighted by Gasteiger charge is -2.16. The largest absolute Gasteiger partial charge is 0.310 e. The van der Waals surface area contributed by atoms with Crippen LogP contribution in [0.1, 0.15) is 37.7 Å². The second-order valence-electron chi connectivity index (χ2n) is 5.09. The van der Waals surface area contributed by atoms with Gasteiger partial charge in [-0.1, -0.05) is 19.8 Å². The van der Waals surface area contributed by atoms with E-state index in [2.05, 4.69) is 54.1 Å². The molecule has 0 spiro atoms. The van der Waals surface area contributed by atoms with Gasteiger partial charge in [-0.25, -0.2) is 4.98 Å². The number of nitrogens with one attached hydrogen (secondary N) is 1. The molecule has 0 fully saturated rings. The van der Waals surface area contributed by atoms with Crippen LogP contribution in [0.5, 0.6) is 0 Å². The maximum absolute atomic E-state index is 13.5. The van der Waals surface area contributed by atoms with E-state index in [0.717, 1.165) is 22.9 Å². The normalized spacial score (nSPS) is 12.0. The van der Waals surface area contributed by atoms with Gasteiger partial charge in [0.1, 0.15) is 5.82 Å². The average molecular weight is 445 g/mol. The van der Waals surface area contributed by atoms with E-state index in [4.69, 9.17) is 0 Å². The van der Waals surface area contributed by atoms with E-state index in [1.54, 1.807) is 18.5 Å². The summed E-state index contributed by atoms with van der Waals surface area (Å²) < 4.78 is 14.6. The third-order valence-electron chi connectivity index (χ3n) is 3.35. The SMILES string of the molecule is CCCCC(C(=O)Nc1ccc(Br)c(F)n1)c1cncc(Br)c1. The van der Waals surface area contributed by atoms with Crippen molar-refractivity contribution in [2.45, 2.75) is 32.1 Å². The molecule has 0 aliphatic rings. The molecule has 0 saturated heterocycles. The second-order valence-corrected chi connectivity index (χ2v) is 6.86. The predicted octanol–water partition coefficient (Wildman–Crippen LogP) is 5.05. The molecule has 0 aliphatic heterocycles. The maximum atomic E-state index is 13.5. The van der Waals surface area contributed by atoms with Crippen LogP contribution in [0.25, 0.3) is 0 Å². The number of anilines is 1. The van der Waals surface area contributed by atoms with Crippen LogP contribution in [0, 0.1) is 5.95 Å². The van der Waals surface area contributed by atoms with Crippen molar-refractivity contribution < 1.29 is 9.18 Å². The summed E-state index contributed by atoms with van der Waals surface area (Å²) >= 11 is 6.41. The van der Waals surface area contributed by atoms with Gasteiger partial charge in [-0.05, 0) is 62.0 Å². The van der Waals surface area contributed by atoms with Gasteiger partial charge in [-0.2, -0.15) is 4.39 Å². The van der Waals surface area contributed by atoms with E-state index in [1.807, 2.05) is 6.07 Å². The van der Waals surface area contributed by atoms with Crippen molar-refractivity contribution in [3.05, 3.63) is 51.0 Å². The van der Waals surface area contributed by atoms with Crippen LogP contribution in [-0.2, 0) is 4.79 Å². The average Bonchev–Trinajstić information content (AvgIpc) is 2.51. The van der Waals surface area contributed by atoms with Crippen LogP contribution in [0.4, 0.5) is 10.2 Å². The number of halogens is 3. The molecule has 0 aromatic carbocycles. The van der Waals surface area contributed by atoms with Gasteiger partial charge in [0.05, 0.1) is 10.4 Å². The molecule has 1 N–H and O–H groups in total. The summed E-state index contributed by atoms with van der Waals surface area (Å²) in [6, 6.07) is 4.95. The minimum Gasteiger partial charge on any atom is -0.310 e. The Balaban J connectivity index is 2.20. The number of amides is 1. The molecule has 0 aliphatic carbocycles. The summed E-state index contributed by atoms with van der Waals surface area (Å²) in [6.45, 7) is 2.07. The maximum Gasteiger partial charge on any atom is 0.233 e. The second kappa shape index (κ2) is 8.49. The summed E-state index contributed by atoms with van der Waals surface area (Å²) in [5.41, 5.74) is 0.822. The minimum absolute atomic E-state index is 0.195. The third kappa shape index (κ3) is 5.07. The summed E-state index contributed by atoms with van der Waals surface area (Å²) in [4.78, 5) is 20.4. The quantitative estimate of drug-likeness (QED) is 0.634. The molecule has 7 heteroatoms. The molecule has 2 rings (SSSR count). The molecule has 2 aromatic rings. The zero-order valence-corrected chi connectivity index (χ0v) is 15.7. The Morgan fingerprint density at radius 2 is 2.13 bits per heavy atom. The van der Waals surface area contributed by atoms with Gasteiger partial charge in [-0.15, -0.1) is 0 Å². The Morgan fingerprint density at radius 3 is 2.78 bits per heavy atom. The molecular weight excluding hydrogens is 429 g/mol. The van der Waals surface area contributed by atoms with Gasteiger partial charge in [-0.3, -0.25) is 9.78 Å². The number of unbranched alkanes of at least 4 members (excludes halogenated alkanes) is 1. The molecule has 122 valence electrons. The fraction of sp³-hybridized carbons (Fsp3) is 0.312. The fourth-order valence-corrected chi connectivity index (χ4v) is 2.78. The molecule has 1 unspecified atom stereocenters. The van der Waals surface area contributed by atoms with E-state index in [-0.39, 0.29) is 22.1 Å². The topological polar surface area (TPSA) is 54.9 Å². The number of aromatic nitrogens is 2. The Labute approximate surface area is 151 Å². The highest BCUT2D eigenvalue weighted by molar-refractivity contribution is 9.10. The number of rotatable bonds is 6. The predicted molar refractivity (Wildman–Crippen MR) is 94.7 cm³/mol. The fourth-order valence-electron chi connectivity index (χ4n) is 2.18. The van der Waals surface area contributed by atoms with E-state index in [1.165, 1.54) is 6.07 Å². The van der Waals surface area contributed by atoms with Crippen LogP contribution in [0.3, 0.4) is 0 Å². The standard InChI is InChI=1S/C16H16Br2FN3O/c1-2-3-4-12(10-7-11(17)9-20-8-10)16(23)22-14-6-5-13(18)15(19)21-14/h5-9,12H,2-4H2,1H3,(H,21,22,23). The number of hydrogen-bond acceptors (Lipinski definition) is 3. The lowest BCUT2D eigenvalue weighted by atomic mass is 9.94. The van der Waals surface area contributed by atoms with Gasteiger partial charge in [0, 0.05) is 16.9 Å². The first-order chi connectivity index (χ1) is 11.0. The van der Waals surface area contributed by atoms with Crippen LogP contribution in [0.2, 0.25) is 0 Å².